The van der Waals surface area contributed by atoms with Crippen molar-refractivity contribution < 1.29 is 9.18 Å². The Morgan fingerprint density at radius 1 is 1.20 bits per heavy atom. The first-order chi connectivity index (χ1) is 12.1. The van der Waals surface area contributed by atoms with Crippen LogP contribution in [0.5, 0.6) is 0 Å². The van der Waals surface area contributed by atoms with E-state index in [1.807, 2.05) is 18.2 Å². The Labute approximate surface area is 147 Å². The lowest BCUT2D eigenvalue weighted by Crippen LogP contribution is -2.40. The molecule has 1 aliphatic heterocycles. The van der Waals surface area contributed by atoms with Crippen molar-refractivity contribution in [2.24, 2.45) is 11.7 Å². The molecule has 1 heterocycles. The van der Waals surface area contributed by atoms with Gasteiger partial charge in [0, 0.05) is 25.3 Å². The average molecular weight is 341 g/mol. The van der Waals surface area contributed by atoms with Crippen molar-refractivity contribution in [3.05, 3.63) is 65.5 Å². The second kappa shape index (κ2) is 8.12. The molecule has 1 aliphatic rings. The van der Waals surface area contributed by atoms with E-state index in [4.69, 9.17) is 5.73 Å². The van der Waals surface area contributed by atoms with Crippen LogP contribution in [0.15, 0.2) is 48.5 Å². The molecule has 0 aromatic heterocycles. The van der Waals surface area contributed by atoms with Crippen LogP contribution in [0.3, 0.4) is 0 Å². The molecule has 1 saturated heterocycles. The molecule has 2 aromatic carbocycles. The van der Waals surface area contributed by atoms with Crippen LogP contribution in [0.4, 0.5) is 10.1 Å². The molecule has 4 nitrogen and oxygen atoms in total. The number of nitrogens with one attached hydrogen (secondary N) is 1. The summed E-state index contributed by atoms with van der Waals surface area (Å²) in [6, 6.07) is 14.7. The number of carbonyl (C=O) groups excluding carboxylic acids is 1. The predicted molar refractivity (Wildman–Crippen MR) is 97.4 cm³/mol. The molecule has 0 spiro atoms. The fraction of sp³-hybridized carbons (Fsp3) is 0.350. The second-order valence-corrected chi connectivity index (χ2v) is 6.61. The number of nitrogens with zero attached hydrogens (tertiary/aromatic N) is 1. The van der Waals surface area contributed by atoms with Gasteiger partial charge in [0.15, 0.2) is 0 Å². The summed E-state index contributed by atoms with van der Waals surface area (Å²) in [6.07, 6.45) is 1.88. The molecule has 0 radical (unpaired) electrons. The Morgan fingerprint density at radius 2 is 1.96 bits per heavy atom. The summed E-state index contributed by atoms with van der Waals surface area (Å²) in [6.45, 7) is 3.13. The maximum absolute atomic E-state index is 13.0. The van der Waals surface area contributed by atoms with E-state index in [1.165, 1.54) is 17.7 Å². The first kappa shape index (κ1) is 17.4. The number of halogens is 1. The minimum atomic E-state index is -0.224. The Balaban J connectivity index is 1.64. The molecule has 132 valence electrons. The number of benzene rings is 2. The lowest BCUT2D eigenvalue weighted by molar-refractivity contribution is -0.123. The molecule has 0 bridgehead atoms. The van der Waals surface area contributed by atoms with Crippen molar-refractivity contribution in [2.45, 2.75) is 25.9 Å². The number of primary amides is 1. The summed E-state index contributed by atoms with van der Waals surface area (Å²) in [4.78, 5) is 13.7. The van der Waals surface area contributed by atoms with E-state index < -0.39 is 0 Å². The van der Waals surface area contributed by atoms with Gasteiger partial charge in [0.05, 0.1) is 5.92 Å². The van der Waals surface area contributed by atoms with E-state index in [-0.39, 0.29) is 17.6 Å². The number of rotatable bonds is 6. The molecule has 0 aliphatic carbocycles. The van der Waals surface area contributed by atoms with Crippen molar-refractivity contribution in [3.63, 3.8) is 0 Å². The second-order valence-electron chi connectivity index (χ2n) is 6.61. The Bertz CT molecular complexity index is 717. The van der Waals surface area contributed by atoms with Crippen LogP contribution < -0.4 is 11.1 Å². The maximum atomic E-state index is 13.0. The van der Waals surface area contributed by atoms with Crippen LogP contribution in [0.2, 0.25) is 0 Å². The lowest BCUT2D eigenvalue weighted by atomic mass is 9.97. The Hall–Kier alpha value is -2.40. The highest BCUT2D eigenvalue weighted by Crippen LogP contribution is 2.22. The number of hydrogen-bond acceptors (Lipinski definition) is 3. The molecule has 1 atom stereocenters. The third-order valence-corrected chi connectivity index (χ3v) is 4.72. The van der Waals surface area contributed by atoms with E-state index in [9.17, 15) is 9.18 Å². The highest BCUT2D eigenvalue weighted by molar-refractivity contribution is 5.76. The molecule has 2 aromatic rings. The minimum absolute atomic E-state index is 0.0481. The summed E-state index contributed by atoms with van der Waals surface area (Å²) >= 11 is 0. The molecule has 0 saturated carbocycles. The quantitative estimate of drug-likeness (QED) is 0.849. The largest absolute Gasteiger partial charge is 0.381 e. The summed E-state index contributed by atoms with van der Waals surface area (Å²) in [5, 5.41) is 3.43. The average Bonchev–Trinajstić information content (AvgIpc) is 2.62. The zero-order valence-corrected chi connectivity index (χ0v) is 14.2. The van der Waals surface area contributed by atoms with E-state index in [0.717, 1.165) is 43.7 Å². The predicted octanol–water partition coefficient (Wildman–Crippen LogP) is 3.14. The lowest BCUT2D eigenvalue weighted by Gasteiger charge is -2.31. The first-order valence-electron chi connectivity index (χ1n) is 8.70. The smallest absolute Gasteiger partial charge is 0.221 e. The van der Waals surface area contributed by atoms with Crippen molar-refractivity contribution in [2.75, 3.05) is 18.4 Å². The number of anilines is 1. The van der Waals surface area contributed by atoms with Gasteiger partial charge in [-0.25, -0.2) is 4.39 Å². The van der Waals surface area contributed by atoms with Crippen molar-refractivity contribution >= 4 is 11.6 Å². The normalized spacial score (nSPS) is 18.0. The van der Waals surface area contributed by atoms with Crippen LogP contribution in [0, 0.1) is 11.7 Å². The van der Waals surface area contributed by atoms with Crippen molar-refractivity contribution in [1.29, 1.82) is 0 Å². The SMILES string of the molecule is NC(=O)[C@@H]1CCCN(Cc2ccccc2NCc2ccc(F)cc2)C1. The number of amides is 1. The zero-order valence-electron chi connectivity index (χ0n) is 14.2. The fourth-order valence-corrected chi connectivity index (χ4v) is 3.30. The van der Waals surface area contributed by atoms with E-state index in [0.29, 0.717) is 6.54 Å². The number of hydrogen-bond donors (Lipinski definition) is 2. The van der Waals surface area contributed by atoms with Crippen LogP contribution in [-0.2, 0) is 17.9 Å². The number of nitrogens with two attached hydrogens (primary N) is 1. The summed E-state index contributed by atoms with van der Waals surface area (Å²) in [5.41, 5.74) is 8.75. The zero-order chi connectivity index (χ0) is 17.6. The molecule has 1 amide bonds. The third-order valence-electron chi connectivity index (χ3n) is 4.72. The minimum Gasteiger partial charge on any atom is -0.381 e. The molecule has 0 unspecified atom stereocenters. The van der Waals surface area contributed by atoms with Gasteiger partial charge in [-0.1, -0.05) is 30.3 Å². The van der Waals surface area contributed by atoms with Crippen LogP contribution in [0.1, 0.15) is 24.0 Å². The highest BCUT2D eigenvalue weighted by Gasteiger charge is 2.24. The Kier molecular flexibility index (Phi) is 5.66. The highest BCUT2D eigenvalue weighted by atomic mass is 19.1. The molecule has 5 heteroatoms. The molecular weight excluding hydrogens is 317 g/mol. The van der Waals surface area contributed by atoms with E-state index in [2.05, 4.69) is 16.3 Å². The molecule has 25 heavy (non-hydrogen) atoms. The van der Waals surface area contributed by atoms with Gasteiger partial charge in [0.2, 0.25) is 5.91 Å². The van der Waals surface area contributed by atoms with E-state index >= 15 is 0 Å². The maximum Gasteiger partial charge on any atom is 0.221 e. The number of para-hydroxylation sites is 1. The Morgan fingerprint density at radius 3 is 2.72 bits per heavy atom. The molecule has 3 rings (SSSR count). The van der Waals surface area contributed by atoms with Gasteiger partial charge in [-0.15, -0.1) is 0 Å². The number of carbonyl (C=O) groups is 1. The number of likely N-dealkylation sites (tertiary alicyclic amines) is 1. The molecule has 1 fully saturated rings. The van der Waals surface area contributed by atoms with Gasteiger partial charge in [0.1, 0.15) is 5.82 Å². The van der Waals surface area contributed by atoms with Crippen LogP contribution >= 0.6 is 0 Å². The van der Waals surface area contributed by atoms with Gasteiger partial charge in [-0.05, 0) is 48.7 Å². The molecular formula is C20H24FN3O. The number of piperidine rings is 1. The summed E-state index contributed by atoms with van der Waals surface area (Å²) in [7, 11) is 0. The van der Waals surface area contributed by atoms with Crippen LogP contribution in [-0.4, -0.2) is 23.9 Å². The third kappa shape index (κ3) is 4.79. The van der Waals surface area contributed by atoms with Gasteiger partial charge in [-0.2, -0.15) is 0 Å². The van der Waals surface area contributed by atoms with Gasteiger partial charge in [-0.3, -0.25) is 9.69 Å². The summed E-state index contributed by atoms with van der Waals surface area (Å²) in [5.74, 6) is -0.473. The monoisotopic (exact) mass is 341 g/mol. The standard InChI is InChI=1S/C20H24FN3O/c21-18-9-7-15(8-10-18)12-23-19-6-2-1-4-16(19)13-24-11-3-5-17(14-24)20(22)25/h1-2,4,6-10,17,23H,3,5,11-14H2,(H2,22,25)/t17-/m1/s1. The van der Waals surface area contributed by atoms with Crippen molar-refractivity contribution in [3.8, 4) is 0 Å². The van der Waals surface area contributed by atoms with Crippen molar-refractivity contribution in [1.82, 2.24) is 4.90 Å². The summed E-state index contributed by atoms with van der Waals surface area (Å²) < 4.78 is 13.0. The molecule has 3 N–H and O–H groups in total. The van der Waals surface area contributed by atoms with Gasteiger partial charge >= 0.3 is 0 Å². The van der Waals surface area contributed by atoms with Gasteiger partial charge < -0.3 is 11.1 Å². The first-order valence-corrected chi connectivity index (χ1v) is 8.70. The van der Waals surface area contributed by atoms with E-state index in [1.54, 1.807) is 12.1 Å². The van der Waals surface area contributed by atoms with Crippen LogP contribution in [0.25, 0.3) is 0 Å². The van der Waals surface area contributed by atoms with Gasteiger partial charge in [0.25, 0.3) is 0 Å². The topological polar surface area (TPSA) is 58.4 Å². The fourth-order valence-electron chi connectivity index (χ4n) is 3.30.